The number of nitrogens with zero attached hydrogens (tertiary/aromatic N) is 2. The fraction of sp³-hybridized carbons (Fsp3) is 0.217. The number of carbonyl (C=O) groups is 1. The number of nitrogens with one attached hydrogen (secondary N) is 1. The van der Waals surface area contributed by atoms with Crippen molar-refractivity contribution in [2.75, 3.05) is 0 Å². The quantitative estimate of drug-likeness (QED) is 0.577. The Balaban J connectivity index is 1.86. The zero-order valence-corrected chi connectivity index (χ0v) is 17.1. The predicted octanol–water partition coefficient (Wildman–Crippen LogP) is 4.58. The molecule has 0 fully saturated rings. The highest BCUT2D eigenvalue weighted by molar-refractivity contribution is 6.07. The fourth-order valence-electron chi connectivity index (χ4n) is 3.55. The smallest absolute Gasteiger partial charge is 0.291 e. The number of para-hydroxylation sites is 1. The Morgan fingerprint density at radius 1 is 1.06 bits per heavy atom. The van der Waals surface area contributed by atoms with Gasteiger partial charge in [-0.1, -0.05) is 30.3 Å². The third-order valence-electron chi connectivity index (χ3n) is 5.48. The minimum Gasteiger partial charge on any atom is -0.361 e. The summed E-state index contributed by atoms with van der Waals surface area (Å²) in [6, 6.07) is 13.5. The van der Waals surface area contributed by atoms with Gasteiger partial charge in [-0.3, -0.25) is 10.2 Å². The monoisotopic (exact) mass is 445 g/mol. The number of rotatable bonds is 4. The molecule has 9 heteroatoms. The molecule has 2 heterocycles. The average Bonchev–Trinajstić information content (AvgIpc) is 3.13. The van der Waals surface area contributed by atoms with Gasteiger partial charge in [0.15, 0.2) is 0 Å². The predicted molar refractivity (Wildman–Crippen MR) is 111 cm³/mol. The highest BCUT2D eigenvalue weighted by atomic mass is 19.3. The first-order valence-electron chi connectivity index (χ1n) is 9.72. The molecular weight excluding hydrogens is 426 g/mol. The van der Waals surface area contributed by atoms with Crippen LogP contribution in [-0.2, 0) is 0 Å². The Morgan fingerprint density at radius 2 is 1.78 bits per heavy atom. The molecule has 1 aliphatic heterocycles. The van der Waals surface area contributed by atoms with Gasteiger partial charge in [0.1, 0.15) is 0 Å². The van der Waals surface area contributed by atoms with E-state index in [0.29, 0.717) is 22.2 Å². The van der Waals surface area contributed by atoms with Gasteiger partial charge in [-0.05, 0) is 43.2 Å². The molecule has 32 heavy (non-hydrogen) atoms. The number of halogens is 4. The molecule has 1 atom stereocenters. The van der Waals surface area contributed by atoms with Crippen LogP contribution in [0.1, 0.15) is 21.5 Å². The third kappa shape index (κ3) is 3.58. The minimum atomic E-state index is -3.53. The van der Waals surface area contributed by atoms with Gasteiger partial charge in [-0.2, -0.15) is 0 Å². The van der Waals surface area contributed by atoms with Gasteiger partial charge in [-0.15, -0.1) is 0 Å². The molecule has 4 rings (SSSR count). The summed E-state index contributed by atoms with van der Waals surface area (Å²) in [6.07, 6.45) is -6.44. The van der Waals surface area contributed by atoms with E-state index in [9.17, 15) is 27.5 Å². The molecule has 0 saturated carbocycles. The third-order valence-corrected chi connectivity index (χ3v) is 5.48. The summed E-state index contributed by atoms with van der Waals surface area (Å²) >= 11 is 0. The van der Waals surface area contributed by atoms with Gasteiger partial charge < -0.3 is 5.11 Å². The van der Waals surface area contributed by atoms with Crippen LogP contribution in [0, 0.1) is 13.8 Å². The zero-order valence-electron chi connectivity index (χ0n) is 17.1. The second-order valence-corrected chi connectivity index (χ2v) is 7.61. The summed E-state index contributed by atoms with van der Waals surface area (Å²) in [6.45, 7) is 3.86. The maximum atomic E-state index is 13.6. The van der Waals surface area contributed by atoms with Crippen molar-refractivity contribution in [1.29, 1.82) is 0 Å². The van der Waals surface area contributed by atoms with Crippen LogP contribution >= 0.6 is 0 Å². The summed E-state index contributed by atoms with van der Waals surface area (Å²) in [5, 5.41) is 10.8. The van der Waals surface area contributed by atoms with Crippen molar-refractivity contribution in [2.24, 2.45) is 0 Å². The van der Waals surface area contributed by atoms with Gasteiger partial charge in [0, 0.05) is 17.0 Å². The lowest BCUT2D eigenvalue weighted by atomic mass is 10.00. The molecule has 3 aromatic rings. The number of benzene rings is 2. The van der Waals surface area contributed by atoms with E-state index in [1.165, 1.54) is 6.07 Å². The summed E-state index contributed by atoms with van der Waals surface area (Å²) in [7, 11) is 0. The Labute approximate surface area is 181 Å². The Morgan fingerprint density at radius 3 is 2.44 bits per heavy atom. The molecule has 1 aliphatic rings. The molecule has 2 aromatic carbocycles. The molecule has 5 nitrogen and oxygen atoms in total. The van der Waals surface area contributed by atoms with Crippen LogP contribution < -0.4 is 5.43 Å². The van der Waals surface area contributed by atoms with Crippen molar-refractivity contribution in [3.63, 3.8) is 0 Å². The molecule has 166 valence electrons. The van der Waals surface area contributed by atoms with E-state index in [1.807, 2.05) is 37.5 Å². The molecule has 2 N–H and O–H groups in total. The summed E-state index contributed by atoms with van der Waals surface area (Å²) in [5.41, 5.74) is 1.22. The molecular formula is C23H19F4N3O2. The van der Waals surface area contributed by atoms with E-state index in [-0.39, 0.29) is 16.6 Å². The first-order chi connectivity index (χ1) is 15.1. The number of hydrogen-bond donors (Lipinski definition) is 2. The van der Waals surface area contributed by atoms with E-state index >= 15 is 0 Å². The largest absolute Gasteiger partial charge is 0.361 e. The number of alkyl halides is 4. The van der Waals surface area contributed by atoms with E-state index in [4.69, 9.17) is 0 Å². The van der Waals surface area contributed by atoms with Gasteiger partial charge in [0.25, 0.3) is 18.8 Å². The number of pyridine rings is 1. The number of aliphatic hydroxyl groups is 1. The maximum absolute atomic E-state index is 13.6. The topological polar surface area (TPSA) is 65.5 Å². The molecule has 0 bridgehead atoms. The fourth-order valence-corrected chi connectivity index (χ4v) is 3.55. The van der Waals surface area contributed by atoms with E-state index in [1.54, 1.807) is 24.3 Å². The van der Waals surface area contributed by atoms with Crippen molar-refractivity contribution in [3.8, 4) is 11.3 Å². The lowest BCUT2D eigenvalue weighted by Gasteiger charge is -2.32. The van der Waals surface area contributed by atoms with Gasteiger partial charge in [0.05, 0.1) is 22.5 Å². The number of carbonyl (C=O) groups excluding carboxylic acids is 1. The second kappa shape index (κ2) is 7.90. The standard InChI is InChI=1S/C23H19F4N3O2/c1-12-7-8-14(9-13(12)2)18-10-16(15-5-3-4-6-17(15)28-18)21(31)30-23(32,22(26)27)11-19(29-30)20(24)25/h3-11,20,22,29,32H,1-2H3. The second-order valence-electron chi connectivity index (χ2n) is 7.61. The highest BCUT2D eigenvalue weighted by Gasteiger charge is 2.51. The SMILES string of the molecule is Cc1ccc(-c2cc(C(=O)N3NC(C(F)F)=CC3(O)C(F)F)c3ccccc3n2)cc1C. The Bertz CT molecular complexity index is 1250. The number of hydrazine groups is 1. The lowest BCUT2D eigenvalue weighted by Crippen LogP contribution is -2.56. The minimum absolute atomic E-state index is 0.0701. The van der Waals surface area contributed by atoms with Crippen LogP contribution in [-0.4, -0.2) is 39.6 Å². The van der Waals surface area contributed by atoms with Crippen LogP contribution in [0.2, 0.25) is 0 Å². The maximum Gasteiger partial charge on any atom is 0.291 e. The van der Waals surface area contributed by atoms with E-state index < -0.39 is 30.2 Å². The van der Waals surface area contributed by atoms with Crippen LogP contribution in [0.25, 0.3) is 22.2 Å². The molecule has 0 saturated heterocycles. The molecule has 1 amide bonds. The van der Waals surface area contributed by atoms with Crippen molar-refractivity contribution in [3.05, 3.63) is 77.0 Å². The van der Waals surface area contributed by atoms with Crippen LogP contribution in [0.15, 0.2) is 60.3 Å². The first-order valence-corrected chi connectivity index (χ1v) is 9.72. The van der Waals surface area contributed by atoms with Gasteiger partial charge in [0.2, 0.25) is 5.72 Å². The first kappa shape index (κ1) is 21.8. The summed E-state index contributed by atoms with van der Waals surface area (Å²) in [4.78, 5) is 17.9. The van der Waals surface area contributed by atoms with Crippen molar-refractivity contribution < 1.29 is 27.5 Å². The van der Waals surface area contributed by atoms with E-state index in [2.05, 4.69) is 4.98 Å². The molecule has 0 aliphatic carbocycles. The number of allylic oxidation sites excluding steroid dienone is 1. The van der Waals surface area contributed by atoms with Crippen LogP contribution in [0.3, 0.4) is 0 Å². The number of aryl methyl sites for hydroxylation is 2. The molecule has 0 radical (unpaired) electrons. The Kier molecular flexibility index (Phi) is 5.37. The van der Waals surface area contributed by atoms with Crippen molar-refractivity contribution in [2.45, 2.75) is 32.4 Å². The Hall–Kier alpha value is -3.46. The average molecular weight is 445 g/mol. The summed E-state index contributed by atoms with van der Waals surface area (Å²) in [5.74, 6) is -1.09. The number of amides is 1. The van der Waals surface area contributed by atoms with Gasteiger partial charge in [-0.25, -0.2) is 27.6 Å². The molecule has 1 unspecified atom stereocenters. The van der Waals surface area contributed by atoms with Crippen molar-refractivity contribution >= 4 is 16.8 Å². The molecule has 1 aromatic heterocycles. The number of aromatic nitrogens is 1. The summed E-state index contributed by atoms with van der Waals surface area (Å²) < 4.78 is 53.6. The van der Waals surface area contributed by atoms with Gasteiger partial charge >= 0.3 is 0 Å². The normalized spacial score (nSPS) is 18.4. The van der Waals surface area contributed by atoms with Crippen LogP contribution in [0.5, 0.6) is 0 Å². The lowest BCUT2D eigenvalue weighted by molar-refractivity contribution is -0.146. The zero-order chi connectivity index (χ0) is 23.2. The van der Waals surface area contributed by atoms with E-state index in [0.717, 1.165) is 11.1 Å². The number of fused-ring (bicyclic) bond motifs is 1. The van der Waals surface area contributed by atoms with Crippen molar-refractivity contribution in [1.82, 2.24) is 15.4 Å². The van der Waals surface area contributed by atoms with Crippen LogP contribution in [0.4, 0.5) is 17.6 Å². The highest BCUT2D eigenvalue weighted by Crippen LogP contribution is 2.33. The molecule has 0 spiro atoms. The number of hydrogen-bond acceptors (Lipinski definition) is 4.